The summed E-state index contributed by atoms with van der Waals surface area (Å²) in [6.45, 7) is 3.89. The zero-order valence-corrected chi connectivity index (χ0v) is 11.0. The van der Waals surface area contributed by atoms with E-state index in [9.17, 15) is 14.7 Å². The summed E-state index contributed by atoms with van der Waals surface area (Å²) in [7, 11) is 0. The predicted octanol–water partition coefficient (Wildman–Crippen LogP) is 1.86. The molecule has 1 aromatic rings. The van der Waals surface area contributed by atoms with Crippen molar-refractivity contribution in [2.45, 2.75) is 32.2 Å². The van der Waals surface area contributed by atoms with Gasteiger partial charge in [-0.1, -0.05) is 0 Å². The summed E-state index contributed by atoms with van der Waals surface area (Å²) < 4.78 is 0. The number of anilines is 1. The number of likely N-dealkylation sites (tertiary alicyclic amines) is 1. The molecule has 1 saturated heterocycles. The Balaban J connectivity index is 2.17. The summed E-state index contributed by atoms with van der Waals surface area (Å²) in [6.07, 6.45) is 4.37. The van der Waals surface area contributed by atoms with Crippen molar-refractivity contribution in [1.29, 1.82) is 0 Å². The lowest BCUT2D eigenvalue weighted by Crippen LogP contribution is -2.52. The van der Waals surface area contributed by atoms with Gasteiger partial charge in [0.2, 0.25) is 0 Å². The normalized spacial score (nSPS) is 22.3. The molecule has 0 bridgehead atoms. The van der Waals surface area contributed by atoms with Gasteiger partial charge in [0.15, 0.2) is 0 Å². The number of aryl methyl sites for hydroxylation is 1. The summed E-state index contributed by atoms with van der Waals surface area (Å²) in [5, 5.41) is 12.0. The Labute approximate surface area is 111 Å². The second-order valence-electron chi connectivity index (χ2n) is 4.95. The maximum atomic E-state index is 12.2. The third kappa shape index (κ3) is 2.38. The molecule has 2 N–H and O–H groups in total. The molecular formula is C13H17N3O3. The number of carboxylic acid groups (broad SMARTS) is 1. The first kappa shape index (κ1) is 13.3. The molecule has 0 spiro atoms. The van der Waals surface area contributed by atoms with E-state index in [0.717, 1.165) is 5.56 Å². The minimum absolute atomic E-state index is 0.390. The zero-order chi connectivity index (χ0) is 14.0. The molecule has 0 radical (unpaired) electrons. The first-order valence-electron chi connectivity index (χ1n) is 6.18. The molecule has 1 aliphatic heterocycles. The van der Waals surface area contributed by atoms with Crippen LogP contribution in [0.1, 0.15) is 25.3 Å². The number of nitrogens with zero attached hydrogens (tertiary/aromatic N) is 2. The number of carbonyl (C=O) groups is 2. The van der Waals surface area contributed by atoms with E-state index in [1.807, 2.05) is 6.92 Å². The van der Waals surface area contributed by atoms with Crippen LogP contribution in [0.3, 0.4) is 0 Å². The Hall–Kier alpha value is -2.11. The molecule has 2 amide bonds. The molecule has 1 aromatic heterocycles. The molecule has 1 fully saturated rings. The Morgan fingerprint density at radius 2 is 2.26 bits per heavy atom. The average Bonchev–Trinajstić information content (AvgIpc) is 2.76. The quantitative estimate of drug-likeness (QED) is 0.853. The number of nitrogens with one attached hydrogen (secondary N) is 1. The fraction of sp³-hybridized carbons (Fsp3) is 0.462. The van der Waals surface area contributed by atoms with Crippen molar-refractivity contribution in [3.8, 4) is 0 Å². The monoisotopic (exact) mass is 263 g/mol. The summed E-state index contributed by atoms with van der Waals surface area (Å²) in [5.41, 5.74) is 0.368. The minimum Gasteiger partial charge on any atom is -0.480 e. The fourth-order valence-corrected chi connectivity index (χ4v) is 2.29. The summed E-state index contributed by atoms with van der Waals surface area (Å²) >= 11 is 0. The molecule has 2 rings (SSSR count). The molecule has 0 saturated carbocycles. The lowest BCUT2D eigenvalue weighted by molar-refractivity contribution is -0.146. The summed E-state index contributed by atoms with van der Waals surface area (Å²) in [4.78, 5) is 28.9. The molecule has 0 aromatic carbocycles. The van der Waals surface area contributed by atoms with Gasteiger partial charge in [0.1, 0.15) is 5.54 Å². The molecule has 6 heteroatoms. The number of urea groups is 1. The van der Waals surface area contributed by atoms with E-state index in [1.54, 1.807) is 25.4 Å². The van der Waals surface area contributed by atoms with Crippen molar-refractivity contribution in [1.82, 2.24) is 9.88 Å². The van der Waals surface area contributed by atoms with Gasteiger partial charge in [-0.2, -0.15) is 0 Å². The molecule has 19 heavy (non-hydrogen) atoms. The maximum absolute atomic E-state index is 12.2. The van der Waals surface area contributed by atoms with Gasteiger partial charge in [0, 0.05) is 12.7 Å². The first-order valence-corrected chi connectivity index (χ1v) is 6.18. The van der Waals surface area contributed by atoms with Crippen LogP contribution in [0.4, 0.5) is 10.5 Å². The van der Waals surface area contributed by atoms with Crippen molar-refractivity contribution >= 4 is 17.7 Å². The van der Waals surface area contributed by atoms with Crippen molar-refractivity contribution in [3.05, 3.63) is 24.0 Å². The highest BCUT2D eigenvalue weighted by Crippen LogP contribution is 2.30. The highest BCUT2D eigenvalue weighted by Gasteiger charge is 2.46. The lowest BCUT2D eigenvalue weighted by atomic mass is 10.00. The smallest absolute Gasteiger partial charge is 0.329 e. The van der Waals surface area contributed by atoms with E-state index < -0.39 is 17.5 Å². The number of amides is 2. The Kier molecular flexibility index (Phi) is 3.42. The van der Waals surface area contributed by atoms with E-state index in [1.165, 1.54) is 4.90 Å². The third-order valence-corrected chi connectivity index (χ3v) is 3.63. The minimum atomic E-state index is -1.12. The summed E-state index contributed by atoms with van der Waals surface area (Å²) in [5.74, 6) is -0.969. The molecule has 0 aliphatic carbocycles. The average molecular weight is 263 g/mol. The number of carboxylic acids is 1. The lowest BCUT2D eigenvalue weighted by Gasteiger charge is -2.31. The van der Waals surface area contributed by atoms with Crippen LogP contribution in [0.2, 0.25) is 0 Å². The first-order chi connectivity index (χ1) is 8.95. The van der Waals surface area contributed by atoms with E-state index in [-0.39, 0.29) is 0 Å². The number of carbonyl (C=O) groups excluding carboxylic acids is 1. The van der Waals surface area contributed by atoms with Crippen molar-refractivity contribution in [2.75, 3.05) is 11.9 Å². The van der Waals surface area contributed by atoms with Crippen molar-refractivity contribution in [3.63, 3.8) is 0 Å². The van der Waals surface area contributed by atoms with E-state index >= 15 is 0 Å². The van der Waals surface area contributed by atoms with Crippen LogP contribution in [0.5, 0.6) is 0 Å². The van der Waals surface area contributed by atoms with Gasteiger partial charge in [0.05, 0.1) is 11.9 Å². The van der Waals surface area contributed by atoms with Crippen LogP contribution < -0.4 is 5.32 Å². The molecule has 2 heterocycles. The van der Waals surface area contributed by atoms with Crippen molar-refractivity contribution in [2.24, 2.45) is 0 Å². The number of aliphatic carboxylic acids is 1. The number of hydrogen-bond acceptors (Lipinski definition) is 3. The second kappa shape index (κ2) is 4.87. The van der Waals surface area contributed by atoms with E-state index in [2.05, 4.69) is 10.3 Å². The van der Waals surface area contributed by atoms with Crippen LogP contribution in [-0.4, -0.2) is 39.1 Å². The predicted molar refractivity (Wildman–Crippen MR) is 70.0 cm³/mol. The highest BCUT2D eigenvalue weighted by molar-refractivity contribution is 5.94. The number of aromatic nitrogens is 1. The molecule has 1 atom stereocenters. The molecule has 6 nitrogen and oxygen atoms in total. The number of hydrogen-bond donors (Lipinski definition) is 2. The SMILES string of the molecule is Cc1ccncc1NC(=O)N1CCCC1(C)C(=O)O. The fourth-order valence-electron chi connectivity index (χ4n) is 2.29. The van der Waals surface area contributed by atoms with Crippen LogP contribution in [0.25, 0.3) is 0 Å². The van der Waals surface area contributed by atoms with Gasteiger partial charge in [-0.15, -0.1) is 0 Å². The maximum Gasteiger partial charge on any atom is 0.329 e. The van der Waals surface area contributed by atoms with Gasteiger partial charge in [-0.05, 0) is 38.3 Å². The van der Waals surface area contributed by atoms with E-state index in [0.29, 0.717) is 25.1 Å². The molecule has 102 valence electrons. The van der Waals surface area contributed by atoms with Gasteiger partial charge < -0.3 is 15.3 Å². The molecule has 1 unspecified atom stereocenters. The van der Waals surface area contributed by atoms with Gasteiger partial charge in [0.25, 0.3) is 0 Å². The van der Waals surface area contributed by atoms with Crippen molar-refractivity contribution < 1.29 is 14.7 Å². The largest absolute Gasteiger partial charge is 0.480 e. The number of rotatable bonds is 2. The topological polar surface area (TPSA) is 82.5 Å². The second-order valence-corrected chi connectivity index (χ2v) is 4.95. The van der Waals surface area contributed by atoms with E-state index in [4.69, 9.17) is 0 Å². The Morgan fingerprint density at radius 1 is 1.53 bits per heavy atom. The van der Waals surface area contributed by atoms with Crippen LogP contribution in [0.15, 0.2) is 18.5 Å². The molecular weight excluding hydrogens is 246 g/mol. The standard InChI is InChI=1S/C13H17N3O3/c1-9-4-6-14-8-10(9)15-12(19)16-7-3-5-13(16,2)11(17)18/h4,6,8H,3,5,7H2,1-2H3,(H,15,19)(H,17,18). The third-order valence-electron chi connectivity index (χ3n) is 3.63. The Bertz CT molecular complexity index is 518. The van der Waals surface area contributed by atoms with Crippen LogP contribution >= 0.6 is 0 Å². The number of pyridine rings is 1. The molecule has 1 aliphatic rings. The van der Waals surface area contributed by atoms with Crippen LogP contribution in [-0.2, 0) is 4.79 Å². The van der Waals surface area contributed by atoms with Gasteiger partial charge >= 0.3 is 12.0 Å². The zero-order valence-electron chi connectivity index (χ0n) is 11.0. The Morgan fingerprint density at radius 3 is 2.89 bits per heavy atom. The van der Waals surface area contributed by atoms with Crippen LogP contribution in [0, 0.1) is 6.92 Å². The highest BCUT2D eigenvalue weighted by atomic mass is 16.4. The van der Waals surface area contributed by atoms with Gasteiger partial charge in [-0.25, -0.2) is 9.59 Å². The van der Waals surface area contributed by atoms with Gasteiger partial charge in [-0.3, -0.25) is 4.98 Å². The summed E-state index contributed by atoms with van der Waals surface area (Å²) in [6, 6.07) is 1.40.